The minimum Gasteiger partial charge on any atom is -0.465 e. The molecule has 0 bridgehead atoms. The number of carbonyl (C=O) groups excluding carboxylic acids is 2. The lowest BCUT2D eigenvalue weighted by Crippen LogP contribution is -2.39. The van der Waals surface area contributed by atoms with Crippen LogP contribution in [0, 0.1) is 28.4 Å². The SMILES string of the molecule is C=C[C@]1(C)CC[C@@H](C(=C)CN2CCC(COC(=O)CCC(=O)OCCOc3no[n+]([O-])c3S(=O)(=O)c3ccccc3)CC2)C[C@H]1C(=C)CCl. The van der Waals surface area contributed by atoms with Crippen molar-refractivity contribution in [2.75, 3.05) is 45.3 Å². The molecule has 2 fully saturated rings. The van der Waals surface area contributed by atoms with E-state index in [1.54, 1.807) is 6.07 Å². The molecule has 268 valence electrons. The molecule has 1 aromatic carbocycles. The molecular weight excluding hydrogens is 674 g/mol. The second-order valence-corrected chi connectivity index (χ2v) is 15.1. The Morgan fingerprint density at radius 1 is 1.10 bits per heavy atom. The van der Waals surface area contributed by atoms with E-state index in [1.807, 2.05) is 0 Å². The van der Waals surface area contributed by atoms with Crippen LogP contribution in [0.1, 0.15) is 51.9 Å². The van der Waals surface area contributed by atoms with Gasteiger partial charge in [0.05, 0.1) is 29.5 Å². The quantitative estimate of drug-likeness (QED) is 0.0709. The highest BCUT2D eigenvalue weighted by Gasteiger charge is 2.40. The van der Waals surface area contributed by atoms with Gasteiger partial charge in [-0.2, -0.15) is 0 Å². The number of alkyl halides is 1. The maximum atomic E-state index is 12.8. The van der Waals surface area contributed by atoms with Crippen LogP contribution >= 0.6 is 11.6 Å². The number of allylic oxidation sites excluding steroid dienone is 2. The first-order valence-corrected chi connectivity index (χ1v) is 18.5. The van der Waals surface area contributed by atoms with Crippen molar-refractivity contribution in [1.29, 1.82) is 0 Å². The number of likely N-dealkylation sites (tertiary alicyclic amines) is 1. The number of hydrogen-bond acceptors (Lipinski definition) is 11. The Balaban J connectivity index is 1.10. The number of carbonyl (C=O) groups is 2. The standard InChI is InChI=1S/C35H46ClN3O9S/c1-5-35(4)16-13-28(21-30(35)25(2)22-36)26(3)23-38-17-14-27(15-18-38)24-47-32(41)12-11-31(40)45-19-20-46-33-34(39(42)48-37-33)49(43,44)29-9-7-6-8-10-29/h5-10,27-28,30H,1-3,11-24H2,4H3/t28-,30+,35-/m1/s1. The van der Waals surface area contributed by atoms with Gasteiger partial charge < -0.3 is 19.4 Å². The monoisotopic (exact) mass is 719 g/mol. The molecule has 2 aliphatic rings. The van der Waals surface area contributed by atoms with Gasteiger partial charge in [-0.3, -0.25) is 19.1 Å². The molecule has 0 N–H and O–H groups in total. The van der Waals surface area contributed by atoms with Gasteiger partial charge in [-0.25, -0.2) is 8.42 Å². The van der Waals surface area contributed by atoms with E-state index < -0.39 is 32.7 Å². The lowest BCUT2D eigenvalue weighted by Gasteiger charge is -2.45. The summed E-state index contributed by atoms with van der Waals surface area (Å²) in [6.45, 7) is 17.4. The van der Waals surface area contributed by atoms with Crippen molar-refractivity contribution < 1.29 is 41.7 Å². The van der Waals surface area contributed by atoms with Crippen LogP contribution in [0.2, 0.25) is 0 Å². The van der Waals surface area contributed by atoms with Gasteiger partial charge in [0.2, 0.25) is 0 Å². The van der Waals surface area contributed by atoms with Crippen molar-refractivity contribution in [2.24, 2.45) is 23.2 Å². The minimum atomic E-state index is -4.27. The summed E-state index contributed by atoms with van der Waals surface area (Å²) in [6, 6.07) is 7.26. The van der Waals surface area contributed by atoms with E-state index in [9.17, 15) is 23.2 Å². The summed E-state index contributed by atoms with van der Waals surface area (Å²) in [6.07, 6.45) is 6.65. The second kappa shape index (κ2) is 17.3. The van der Waals surface area contributed by atoms with E-state index in [0.29, 0.717) is 24.3 Å². The first-order chi connectivity index (χ1) is 23.4. The van der Waals surface area contributed by atoms with E-state index in [2.05, 4.69) is 47.4 Å². The number of esters is 2. The van der Waals surface area contributed by atoms with Gasteiger partial charge in [0.15, 0.2) is 0 Å². The van der Waals surface area contributed by atoms with Crippen molar-refractivity contribution in [2.45, 2.75) is 61.8 Å². The van der Waals surface area contributed by atoms with Gasteiger partial charge in [-0.05, 0) is 85.4 Å². The van der Waals surface area contributed by atoms with E-state index in [4.69, 9.17) is 25.8 Å². The average Bonchev–Trinajstić information content (AvgIpc) is 3.49. The van der Waals surface area contributed by atoms with Crippen molar-refractivity contribution in [3.8, 4) is 5.88 Å². The number of aromatic nitrogens is 2. The molecule has 49 heavy (non-hydrogen) atoms. The zero-order chi connectivity index (χ0) is 35.6. The van der Waals surface area contributed by atoms with Crippen LogP contribution in [-0.4, -0.2) is 75.7 Å². The minimum absolute atomic E-state index is 0.0133. The zero-order valence-electron chi connectivity index (χ0n) is 28.0. The van der Waals surface area contributed by atoms with Gasteiger partial charge in [0.1, 0.15) is 13.2 Å². The van der Waals surface area contributed by atoms with Gasteiger partial charge in [-0.15, -0.1) is 18.2 Å². The Kier molecular flexibility index (Phi) is 13.5. The normalized spacial score (nSPS) is 21.8. The smallest absolute Gasteiger partial charge is 0.415 e. The van der Waals surface area contributed by atoms with Crippen molar-refractivity contribution in [1.82, 2.24) is 10.1 Å². The molecule has 4 rings (SSSR count). The molecule has 1 aliphatic heterocycles. The predicted octanol–water partition coefficient (Wildman–Crippen LogP) is 5.06. The molecule has 0 unspecified atom stereocenters. The van der Waals surface area contributed by atoms with Crippen LogP contribution in [0.25, 0.3) is 0 Å². The van der Waals surface area contributed by atoms with E-state index >= 15 is 0 Å². The Labute approximate surface area is 293 Å². The molecular formula is C35H46ClN3O9S. The van der Waals surface area contributed by atoms with Crippen molar-refractivity contribution in [3.63, 3.8) is 0 Å². The summed E-state index contributed by atoms with van der Waals surface area (Å²) in [7, 11) is -4.27. The fourth-order valence-electron chi connectivity index (χ4n) is 6.49. The van der Waals surface area contributed by atoms with Crippen molar-refractivity contribution >= 4 is 33.4 Å². The molecule has 2 aromatic rings. The molecule has 3 atom stereocenters. The van der Waals surface area contributed by atoms with Crippen LogP contribution < -0.4 is 9.64 Å². The number of piperidine rings is 1. The highest BCUT2D eigenvalue weighted by Crippen LogP contribution is 2.49. The third-order valence-corrected chi connectivity index (χ3v) is 11.7. The first kappa shape index (κ1) is 38.1. The summed E-state index contributed by atoms with van der Waals surface area (Å²) in [5.41, 5.74) is 2.33. The number of nitrogens with zero attached hydrogens (tertiary/aromatic N) is 3. The van der Waals surface area contributed by atoms with E-state index in [0.717, 1.165) is 57.3 Å². The van der Waals surface area contributed by atoms with Crippen LogP contribution in [0.3, 0.4) is 0 Å². The summed E-state index contributed by atoms with van der Waals surface area (Å²) < 4.78 is 45.8. The van der Waals surface area contributed by atoms with Gasteiger partial charge in [-0.1, -0.05) is 55.5 Å². The maximum absolute atomic E-state index is 12.8. The lowest BCUT2D eigenvalue weighted by molar-refractivity contribution is -0.832. The molecule has 14 heteroatoms. The van der Waals surface area contributed by atoms with Gasteiger partial charge in [0.25, 0.3) is 9.84 Å². The third-order valence-electron chi connectivity index (χ3n) is 9.64. The molecule has 0 spiro atoms. The molecule has 1 aromatic heterocycles. The van der Waals surface area contributed by atoms with Gasteiger partial charge >= 0.3 is 22.8 Å². The highest BCUT2D eigenvalue weighted by atomic mass is 35.5. The third kappa shape index (κ3) is 9.95. The number of halogens is 1. The summed E-state index contributed by atoms with van der Waals surface area (Å²) >= 11 is 6.17. The molecule has 0 amide bonds. The highest BCUT2D eigenvalue weighted by molar-refractivity contribution is 7.91. The first-order valence-electron chi connectivity index (χ1n) is 16.5. The molecule has 1 saturated heterocycles. The van der Waals surface area contributed by atoms with Crippen LogP contribution in [-0.2, 0) is 28.9 Å². The van der Waals surface area contributed by atoms with E-state index in [1.165, 1.54) is 29.8 Å². The molecule has 1 saturated carbocycles. The van der Waals surface area contributed by atoms with Crippen LogP contribution in [0.15, 0.2) is 81.8 Å². The van der Waals surface area contributed by atoms with E-state index in [-0.39, 0.29) is 47.2 Å². The Morgan fingerprint density at radius 2 is 1.78 bits per heavy atom. The number of ether oxygens (including phenoxy) is 3. The molecule has 12 nitrogen and oxygen atoms in total. The fourth-order valence-corrected chi connectivity index (χ4v) is 7.97. The summed E-state index contributed by atoms with van der Waals surface area (Å²) in [5, 5.41) is 14.5. The number of rotatable bonds is 17. The zero-order valence-corrected chi connectivity index (χ0v) is 29.6. The number of hydrogen-bond donors (Lipinski definition) is 0. The Morgan fingerprint density at radius 3 is 2.43 bits per heavy atom. The van der Waals surface area contributed by atoms with Gasteiger partial charge in [0, 0.05) is 12.4 Å². The van der Waals surface area contributed by atoms with Crippen molar-refractivity contribution in [3.05, 3.63) is 72.5 Å². The number of sulfone groups is 1. The molecule has 0 radical (unpaired) electrons. The number of benzene rings is 1. The fraction of sp³-hybridized carbons (Fsp3) is 0.543. The topological polar surface area (TPSA) is 152 Å². The summed E-state index contributed by atoms with van der Waals surface area (Å²) in [4.78, 5) is 26.4. The molecule has 2 heterocycles. The average molecular weight is 720 g/mol. The maximum Gasteiger partial charge on any atom is 0.415 e. The predicted molar refractivity (Wildman–Crippen MR) is 181 cm³/mol. The van der Waals surface area contributed by atoms with Crippen LogP contribution in [0.5, 0.6) is 5.88 Å². The Hall–Kier alpha value is -3.68. The lowest BCUT2D eigenvalue weighted by atomic mass is 9.61. The second-order valence-electron chi connectivity index (χ2n) is 13.0. The molecule has 1 aliphatic carbocycles. The largest absolute Gasteiger partial charge is 0.465 e. The Bertz CT molecular complexity index is 1590. The van der Waals surface area contributed by atoms with Crippen LogP contribution in [0.4, 0.5) is 0 Å². The summed E-state index contributed by atoms with van der Waals surface area (Å²) in [5.74, 6) is -0.276.